The number of nitrogens with one attached hydrogen (secondary N) is 1. The van der Waals surface area contributed by atoms with E-state index in [0.29, 0.717) is 24.7 Å². The van der Waals surface area contributed by atoms with E-state index in [-0.39, 0.29) is 21.2 Å². The fraction of sp³-hybridized carbons (Fsp3) is 0.333. The fourth-order valence-corrected chi connectivity index (χ4v) is 5.79. The first-order valence-electron chi connectivity index (χ1n) is 8.79. The van der Waals surface area contributed by atoms with Crippen LogP contribution in [0.25, 0.3) is 0 Å². The number of hydrogen-bond donors (Lipinski definition) is 1. The molecule has 7 nitrogen and oxygen atoms in total. The molecule has 10 heteroatoms. The second-order valence-electron chi connectivity index (χ2n) is 6.27. The van der Waals surface area contributed by atoms with E-state index in [9.17, 15) is 16.8 Å². The van der Waals surface area contributed by atoms with Gasteiger partial charge in [0.15, 0.2) is 0 Å². The van der Waals surface area contributed by atoms with Crippen molar-refractivity contribution in [2.24, 2.45) is 0 Å². The SMILES string of the molecule is CCOc1ccc(NS(=O)(=O)c2ccc(Cl)cc2)cc1S(=O)(=O)N1CCCC1. The second-order valence-corrected chi connectivity index (χ2v) is 10.3. The molecule has 28 heavy (non-hydrogen) atoms. The summed E-state index contributed by atoms with van der Waals surface area (Å²) in [5.41, 5.74) is 0.135. The van der Waals surface area contributed by atoms with Crippen molar-refractivity contribution in [3.05, 3.63) is 47.5 Å². The molecule has 0 saturated carbocycles. The Hall–Kier alpha value is -1.81. The van der Waals surface area contributed by atoms with Gasteiger partial charge < -0.3 is 4.74 Å². The van der Waals surface area contributed by atoms with Gasteiger partial charge in [0.05, 0.1) is 17.2 Å². The predicted molar refractivity (Wildman–Crippen MR) is 108 cm³/mol. The third kappa shape index (κ3) is 4.43. The number of nitrogens with zero attached hydrogens (tertiary/aromatic N) is 1. The summed E-state index contributed by atoms with van der Waals surface area (Å²) in [4.78, 5) is -0.0257. The highest BCUT2D eigenvalue weighted by Gasteiger charge is 2.30. The first kappa shape index (κ1) is 20.9. The lowest BCUT2D eigenvalue weighted by Gasteiger charge is -2.19. The molecule has 0 aliphatic carbocycles. The van der Waals surface area contributed by atoms with E-state index in [1.807, 2.05) is 0 Å². The number of sulfonamides is 2. The van der Waals surface area contributed by atoms with Crippen molar-refractivity contribution in [1.29, 1.82) is 0 Å². The van der Waals surface area contributed by atoms with E-state index in [0.717, 1.165) is 12.8 Å². The summed E-state index contributed by atoms with van der Waals surface area (Å²) < 4.78 is 60.5. The molecule has 0 unspecified atom stereocenters. The number of halogens is 1. The van der Waals surface area contributed by atoms with Gasteiger partial charge in [-0.15, -0.1) is 0 Å². The van der Waals surface area contributed by atoms with Crippen molar-refractivity contribution in [2.75, 3.05) is 24.4 Å². The van der Waals surface area contributed by atoms with Gasteiger partial charge in [-0.2, -0.15) is 4.31 Å². The third-order valence-electron chi connectivity index (χ3n) is 4.30. The predicted octanol–water partition coefficient (Wildman–Crippen LogP) is 3.32. The molecular weight excluding hydrogens is 424 g/mol. The maximum Gasteiger partial charge on any atom is 0.261 e. The Balaban J connectivity index is 1.98. The molecule has 2 aromatic carbocycles. The maximum absolute atomic E-state index is 13.0. The minimum atomic E-state index is -3.89. The highest BCUT2D eigenvalue weighted by molar-refractivity contribution is 7.92. The highest BCUT2D eigenvalue weighted by Crippen LogP contribution is 2.32. The average Bonchev–Trinajstić information content (AvgIpc) is 3.19. The summed E-state index contributed by atoms with van der Waals surface area (Å²) in [6.07, 6.45) is 1.60. The number of benzene rings is 2. The van der Waals surface area contributed by atoms with Crippen LogP contribution in [0.4, 0.5) is 5.69 Å². The highest BCUT2D eigenvalue weighted by atomic mass is 35.5. The Bertz CT molecular complexity index is 1050. The first-order chi connectivity index (χ1) is 13.2. The molecule has 0 aromatic heterocycles. The van der Waals surface area contributed by atoms with Gasteiger partial charge in [-0.1, -0.05) is 11.6 Å². The topological polar surface area (TPSA) is 92.8 Å². The van der Waals surface area contributed by atoms with Crippen LogP contribution in [-0.4, -0.2) is 40.8 Å². The molecular formula is C18H21ClN2O5S2. The van der Waals surface area contributed by atoms with E-state index in [4.69, 9.17) is 16.3 Å². The van der Waals surface area contributed by atoms with E-state index >= 15 is 0 Å². The molecule has 0 radical (unpaired) electrons. The molecule has 0 spiro atoms. The number of anilines is 1. The quantitative estimate of drug-likeness (QED) is 0.707. The van der Waals surface area contributed by atoms with E-state index in [1.165, 1.54) is 46.8 Å². The van der Waals surface area contributed by atoms with Crippen LogP contribution in [0.2, 0.25) is 5.02 Å². The average molecular weight is 445 g/mol. The molecule has 1 fully saturated rings. The standard InChI is InChI=1S/C18H21ClN2O5S2/c1-2-26-17-10-7-15(13-18(17)28(24,25)21-11-3-4-12-21)20-27(22,23)16-8-5-14(19)6-9-16/h5-10,13,20H,2-4,11-12H2,1H3. The molecule has 3 rings (SSSR count). The van der Waals surface area contributed by atoms with Gasteiger partial charge in [-0.25, -0.2) is 16.8 Å². The maximum atomic E-state index is 13.0. The number of rotatable bonds is 7. The Morgan fingerprint density at radius 2 is 1.68 bits per heavy atom. The van der Waals surface area contributed by atoms with Gasteiger partial charge in [0.25, 0.3) is 10.0 Å². The largest absolute Gasteiger partial charge is 0.492 e. The number of ether oxygens (including phenoxy) is 1. The molecule has 1 saturated heterocycles. The van der Waals surface area contributed by atoms with Crippen molar-refractivity contribution in [1.82, 2.24) is 4.31 Å². The van der Waals surface area contributed by atoms with Gasteiger partial charge in [0.2, 0.25) is 10.0 Å². The van der Waals surface area contributed by atoms with Crippen LogP contribution in [0.15, 0.2) is 52.3 Å². The van der Waals surface area contributed by atoms with Crippen LogP contribution in [0.1, 0.15) is 19.8 Å². The summed E-state index contributed by atoms with van der Waals surface area (Å²) in [5, 5.41) is 0.416. The van der Waals surface area contributed by atoms with Crippen LogP contribution in [0, 0.1) is 0 Å². The molecule has 0 atom stereocenters. The zero-order chi connectivity index (χ0) is 20.4. The van der Waals surface area contributed by atoms with Crippen LogP contribution in [0.5, 0.6) is 5.75 Å². The third-order valence-corrected chi connectivity index (χ3v) is 7.87. The molecule has 1 aliphatic rings. The zero-order valence-corrected chi connectivity index (χ0v) is 17.6. The minimum Gasteiger partial charge on any atom is -0.492 e. The zero-order valence-electron chi connectivity index (χ0n) is 15.3. The van der Waals surface area contributed by atoms with E-state index in [2.05, 4.69) is 4.72 Å². The minimum absolute atomic E-state index is 0.0229. The van der Waals surface area contributed by atoms with Crippen molar-refractivity contribution in [3.63, 3.8) is 0 Å². The Kier molecular flexibility index (Phi) is 6.18. The van der Waals surface area contributed by atoms with Crippen LogP contribution < -0.4 is 9.46 Å². The summed E-state index contributed by atoms with van der Waals surface area (Å²) in [5.74, 6) is 0.198. The Morgan fingerprint density at radius 1 is 1.04 bits per heavy atom. The Labute approximate surface area is 170 Å². The van der Waals surface area contributed by atoms with Gasteiger partial charge in [-0.05, 0) is 62.2 Å². The summed E-state index contributed by atoms with van der Waals surface area (Å²) in [6, 6.07) is 9.93. The van der Waals surface area contributed by atoms with Crippen molar-refractivity contribution >= 4 is 37.3 Å². The normalized spacial score (nSPS) is 15.5. The van der Waals surface area contributed by atoms with Crippen LogP contribution in [-0.2, 0) is 20.0 Å². The smallest absolute Gasteiger partial charge is 0.261 e. The van der Waals surface area contributed by atoms with Crippen molar-refractivity contribution in [2.45, 2.75) is 29.6 Å². The number of hydrogen-bond acceptors (Lipinski definition) is 5. The fourth-order valence-electron chi connectivity index (χ4n) is 2.94. The lowest BCUT2D eigenvalue weighted by molar-refractivity contribution is 0.330. The molecule has 0 amide bonds. The monoisotopic (exact) mass is 444 g/mol. The summed E-state index contributed by atoms with van der Waals surface area (Å²) in [7, 11) is -7.68. The van der Waals surface area contributed by atoms with Gasteiger partial charge in [0, 0.05) is 18.1 Å². The van der Waals surface area contributed by atoms with Crippen molar-refractivity contribution < 1.29 is 21.6 Å². The first-order valence-corrected chi connectivity index (χ1v) is 12.1. The molecule has 152 valence electrons. The molecule has 0 bridgehead atoms. The van der Waals surface area contributed by atoms with Gasteiger partial charge in [-0.3, -0.25) is 4.72 Å². The molecule has 1 heterocycles. The van der Waals surface area contributed by atoms with Gasteiger partial charge in [0.1, 0.15) is 10.6 Å². The molecule has 1 aliphatic heterocycles. The lowest BCUT2D eigenvalue weighted by atomic mass is 10.3. The summed E-state index contributed by atoms with van der Waals surface area (Å²) >= 11 is 5.80. The van der Waals surface area contributed by atoms with Gasteiger partial charge >= 0.3 is 0 Å². The Morgan fingerprint density at radius 3 is 2.29 bits per heavy atom. The second kappa shape index (κ2) is 8.28. The van der Waals surface area contributed by atoms with E-state index in [1.54, 1.807) is 6.92 Å². The molecule has 1 N–H and O–H groups in total. The lowest BCUT2D eigenvalue weighted by Crippen LogP contribution is -2.28. The molecule has 2 aromatic rings. The van der Waals surface area contributed by atoms with Crippen LogP contribution >= 0.6 is 11.6 Å². The van der Waals surface area contributed by atoms with E-state index < -0.39 is 20.0 Å². The van der Waals surface area contributed by atoms with Crippen molar-refractivity contribution in [3.8, 4) is 5.75 Å². The summed E-state index contributed by atoms with van der Waals surface area (Å²) in [6.45, 7) is 2.92. The van der Waals surface area contributed by atoms with Crippen LogP contribution in [0.3, 0.4) is 0 Å².